The number of pyridine rings is 1. The number of nitrogens with zero attached hydrogens (tertiary/aromatic N) is 4. The third-order valence-electron chi connectivity index (χ3n) is 5.31. The average molecular weight is 517 g/mol. The van der Waals surface area contributed by atoms with E-state index in [0.29, 0.717) is 10.6 Å². The van der Waals surface area contributed by atoms with Gasteiger partial charge in [-0.2, -0.15) is 13.2 Å². The molecule has 0 aliphatic rings. The number of alkyl halides is 3. The van der Waals surface area contributed by atoms with E-state index in [-0.39, 0.29) is 34.1 Å². The summed E-state index contributed by atoms with van der Waals surface area (Å²) >= 11 is 12.2. The van der Waals surface area contributed by atoms with E-state index in [1.165, 1.54) is 36.5 Å². The van der Waals surface area contributed by atoms with E-state index in [4.69, 9.17) is 27.6 Å². The fraction of sp³-hybridized carbons (Fsp3) is 0.0833. The van der Waals surface area contributed by atoms with Crippen LogP contribution in [0.1, 0.15) is 27.5 Å². The third kappa shape index (κ3) is 4.28. The first-order valence-corrected chi connectivity index (χ1v) is 10.9. The first-order chi connectivity index (χ1) is 16.7. The molecule has 0 saturated carbocycles. The quantitative estimate of drug-likeness (QED) is 0.243. The summed E-state index contributed by atoms with van der Waals surface area (Å²) in [6, 6.07) is 15.5. The number of aromatic nitrogens is 4. The van der Waals surface area contributed by atoms with Crippen molar-refractivity contribution in [1.82, 2.24) is 19.7 Å². The second kappa shape index (κ2) is 8.83. The van der Waals surface area contributed by atoms with Crippen LogP contribution in [-0.4, -0.2) is 25.5 Å². The molecule has 0 unspecified atom stereocenters. The van der Waals surface area contributed by atoms with Crippen molar-refractivity contribution in [3.8, 4) is 11.6 Å². The molecule has 0 bridgehead atoms. The lowest BCUT2D eigenvalue weighted by Gasteiger charge is -2.15. The second-order valence-corrected chi connectivity index (χ2v) is 8.36. The van der Waals surface area contributed by atoms with Crippen molar-refractivity contribution in [2.24, 2.45) is 0 Å². The lowest BCUT2D eigenvalue weighted by Crippen LogP contribution is -2.19. The van der Waals surface area contributed by atoms with Crippen LogP contribution in [0.4, 0.5) is 13.2 Å². The van der Waals surface area contributed by atoms with Gasteiger partial charge in [-0.05, 0) is 35.9 Å². The van der Waals surface area contributed by atoms with Gasteiger partial charge >= 0.3 is 6.18 Å². The minimum Gasteiger partial charge on any atom is -0.412 e. The monoisotopic (exact) mass is 516 g/mol. The Morgan fingerprint density at radius 1 is 1.00 bits per heavy atom. The predicted molar refractivity (Wildman–Crippen MR) is 123 cm³/mol. The van der Waals surface area contributed by atoms with Gasteiger partial charge in [0.15, 0.2) is 0 Å². The number of fused-ring (bicyclic) bond motifs is 1. The molecule has 0 fully saturated rings. The largest absolute Gasteiger partial charge is 0.432 e. The molecule has 0 atom stereocenters. The number of carbonyl (C=O) groups is 1. The van der Waals surface area contributed by atoms with Gasteiger partial charge in [-0.25, -0.2) is 0 Å². The molecule has 5 rings (SSSR count). The number of benzene rings is 2. The maximum Gasteiger partial charge on any atom is 0.432 e. The molecule has 5 aromatic rings. The summed E-state index contributed by atoms with van der Waals surface area (Å²) in [7, 11) is 0. The van der Waals surface area contributed by atoms with Crippen LogP contribution in [0.5, 0.6) is 0 Å². The maximum absolute atomic E-state index is 14.5. The number of hydrogen-bond acceptors (Lipinski definition) is 5. The number of ketones is 1. The van der Waals surface area contributed by atoms with Crippen molar-refractivity contribution >= 4 is 39.9 Å². The molecule has 2 aromatic carbocycles. The van der Waals surface area contributed by atoms with E-state index >= 15 is 0 Å². The Kier molecular flexibility index (Phi) is 5.82. The molecule has 11 heteroatoms. The highest BCUT2D eigenvalue weighted by molar-refractivity contribution is 6.35. The van der Waals surface area contributed by atoms with Crippen molar-refractivity contribution < 1.29 is 22.4 Å². The van der Waals surface area contributed by atoms with Crippen molar-refractivity contribution in [1.29, 1.82) is 0 Å². The number of carbonyl (C=O) groups excluding carboxylic acids is 1. The molecule has 0 aliphatic carbocycles. The van der Waals surface area contributed by atoms with Crippen molar-refractivity contribution in [2.45, 2.75) is 12.7 Å². The van der Waals surface area contributed by atoms with E-state index in [1.54, 1.807) is 30.3 Å². The summed E-state index contributed by atoms with van der Waals surface area (Å²) < 4.78 is 49.8. The molecule has 0 radical (unpaired) electrons. The Labute approximate surface area is 205 Å². The molecule has 176 valence electrons. The summed E-state index contributed by atoms with van der Waals surface area (Å²) in [5.74, 6) is -1.72. The van der Waals surface area contributed by atoms with Crippen LogP contribution in [0.25, 0.3) is 22.5 Å². The molecular formula is C24H13Cl2F3N4O2. The maximum atomic E-state index is 14.5. The Morgan fingerprint density at radius 3 is 2.49 bits per heavy atom. The van der Waals surface area contributed by atoms with Gasteiger partial charge in [0.25, 0.3) is 17.6 Å². The normalized spacial score (nSPS) is 11.8. The molecule has 3 aromatic heterocycles. The SMILES string of the molecule is O=C(c1nnc(-c2ccccn2)o1)c1c(C(F)(F)F)n(Cc2ccc(Cl)cc2Cl)c2ccccc12. The lowest BCUT2D eigenvalue weighted by molar-refractivity contribution is -0.143. The van der Waals surface area contributed by atoms with Crippen LogP contribution in [0.15, 0.2) is 71.3 Å². The van der Waals surface area contributed by atoms with Crippen molar-refractivity contribution in [2.75, 3.05) is 0 Å². The topological polar surface area (TPSA) is 73.8 Å². The Bertz CT molecular complexity index is 1560. The van der Waals surface area contributed by atoms with E-state index in [1.807, 2.05) is 0 Å². The summed E-state index contributed by atoms with van der Waals surface area (Å²) in [5, 5.41) is 8.12. The van der Waals surface area contributed by atoms with Crippen LogP contribution < -0.4 is 0 Å². The summed E-state index contributed by atoms with van der Waals surface area (Å²) in [5.41, 5.74) is -0.855. The van der Waals surface area contributed by atoms with Gasteiger partial charge < -0.3 is 8.98 Å². The predicted octanol–water partition coefficient (Wildman–Crippen LogP) is 6.69. The van der Waals surface area contributed by atoms with Gasteiger partial charge in [-0.15, -0.1) is 10.2 Å². The zero-order chi connectivity index (χ0) is 24.7. The standard InChI is InChI=1S/C24H13Cl2F3N4O2/c25-14-9-8-13(16(26)11-14)12-33-18-7-2-1-5-15(18)19(21(33)24(27,28)29)20(34)23-32-31-22(35-23)17-6-3-4-10-30-17/h1-11H,12H2. The highest BCUT2D eigenvalue weighted by Gasteiger charge is 2.42. The van der Waals surface area contributed by atoms with Gasteiger partial charge in [-0.1, -0.05) is 53.5 Å². The minimum atomic E-state index is -4.88. The van der Waals surface area contributed by atoms with Crippen LogP contribution in [0.3, 0.4) is 0 Å². The smallest absolute Gasteiger partial charge is 0.412 e. The molecule has 6 nitrogen and oxygen atoms in total. The molecule has 0 spiro atoms. The number of halogens is 5. The average Bonchev–Trinajstić information content (AvgIpc) is 3.45. The van der Waals surface area contributed by atoms with Crippen LogP contribution in [0.2, 0.25) is 10.0 Å². The summed E-state index contributed by atoms with van der Waals surface area (Å²) in [4.78, 5) is 17.4. The summed E-state index contributed by atoms with van der Waals surface area (Å²) in [6.07, 6.45) is -3.40. The zero-order valence-corrected chi connectivity index (χ0v) is 19.1. The first-order valence-electron chi connectivity index (χ1n) is 10.2. The Hall–Kier alpha value is -3.69. The van der Waals surface area contributed by atoms with Gasteiger partial charge in [0.05, 0.1) is 5.56 Å². The zero-order valence-electron chi connectivity index (χ0n) is 17.6. The molecule has 0 N–H and O–H groups in total. The Balaban J connectivity index is 1.68. The van der Waals surface area contributed by atoms with Gasteiger partial charge in [0, 0.05) is 33.7 Å². The fourth-order valence-electron chi connectivity index (χ4n) is 3.83. The van der Waals surface area contributed by atoms with E-state index < -0.39 is 29.1 Å². The molecule has 0 amide bonds. The lowest BCUT2D eigenvalue weighted by atomic mass is 10.1. The van der Waals surface area contributed by atoms with Crippen molar-refractivity contribution in [3.05, 3.63) is 99.6 Å². The van der Waals surface area contributed by atoms with E-state index in [9.17, 15) is 18.0 Å². The minimum absolute atomic E-state index is 0.0841. The van der Waals surface area contributed by atoms with Crippen molar-refractivity contribution in [3.63, 3.8) is 0 Å². The van der Waals surface area contributed by atoms with Crippen LogP contribution >= 0.6 is 23.2 Å². The fourth-order valence-corrected chi connectivity index (χ4v) is 4.30. The van der Waals surface area contributed by atoms with Gasteiger partial charge in [-0.3, -0.25) is 9.78 Å². The Morgan fingerprint density at radius 2 is 1.77 bits per heavy atom. The number of hydrogen-bond donors (Lipinski definition) is 0. The molecule has 0 saturated heterocycles. The first kappa shape index (κ1) is 23.1. The molecular weight excluding hydrogens is 504 g/mol. The number of rotatable bonds is 5. The second-order valence-electron chi connectivity index (χ2n) is 7.52. The molecule has 0 aliphatic heterocycles. The molecule has 3 heterocycles. The number of para-hydroxylation sites is 1. The highest BCUT2D eigenvalue weighted by Crippen LogP contribution is 2.40. The highest BCUT2D eigenvalue weighted by atomic mass is 35.5. The van der Waals surface area contributed by atoms with Gasteiger partial charge in [0.1, 0.15) is 11.4 Å². The third-order valence-corrected chi connectivity index (χ3v) is 5.90. The van der Waals surface area contributed by atoms with Crippen LogP contribution in [-0.2, 0) is 12.7 Å². The van der Waals surface area contributed by atoms with E-state index in [2.05, 4.69) is 15.2 Å². The van der Waals surface area contributed by atoms with E-state index in [0.717, 1.165) is 4.57 Å². The van der Waals surface area contributed by atoms with Crippen LogP contribution in [0, 0.1) is 0 Å². The molecule has 35 heavy (non-hydrogen) atoms. The summed E-state index contributed by atoms with van der Waals surface area (Å²) in [6.45, 7) is -0.248. The van der Waals surface area contributed by atoms with Gasteiger partial charge in [0.2, 0.25) is 0 Å².